The van der Waals surface area contributed by atoms with Crippen LogP contribution in [0.15, 0.2) is 24.3 Å². The van der Waals surface area contributed by atoms with Gasteiger partial charge < -0.3 is 10.0 Å². The predicted molar refractivity (Wildman–Crippen MR) is 64.0 cm³/mol. The third kappa shape index (κ3) is 6.93. The second-order valence-corrected chi connectivity index (χ2v) is 2.86. The monoisotopic (exact) mass is 180 g/mol. The van der Waals surface area contributed by atoms with Gasteiger partial charge in [0.05, 0.1) is 0 Å². The van der Waals surface area contributed by atoms with Crippen molar-refractivity contribution in [2.45, 2.75) is 6.92 Å². The lowest BCUT2D eigenvalue weighted by atomic mass is 9.08. The first-order valence-corrected chi connectivity index (χ1v) is 4.13. The molecule has 0 atom stereocenters. The molecule has 0 fully saturated rings. The summed E-state index contributed by atoms with van der Waals surface area (Å²) in [7, 11) is 12.7. The summed E-state index contributed by atoms with van der Waals surface area (Å²) in [6.07, 6.45) is -0.667. The minimum absolute atomic E-state index is 0.533. The number of rotatable bonds is 1. The fourth-order valence-electron chi connectivity index (χ4n) is 0.739. The third-order valence-corrected chi connectivity index (χ3v) is 1.38. The van der Waals surface area contributed by atoms with E-state index >= 15 is 0 Å². The number of benzene rings is 1. The van der Waals surface area contributed by atoms with E-state index in [2.05, 4.69) is 23.2 Å². The first kappa shape index (κ1) is 13.5. The van der Waals surface area contributed by atoms with Crippen molar-refractivity contribution in [1.82, 2.24) is 0 Å². The van der Waals surface area contributed by atoms with Gasteiger partial charge in [0.15, 0.2) is 0 Å². The molecule has 0 aliphatic rings. The molecule has 14 heavy (non-hydrogen) atoms. The van der Waals surface area contributed by atoms with Gasteiger partial charge in [-0.1, -0.05) is 29.8 Å². The zero-order chi connectivity index (χ0) is 11.1. The van der Waals surface area contributed by atoms with Crippen molar-refractivity contribution in [2.24, 2.45) is 0 Å². The Bertz CT molecular complexity index is 246. The van der Waals surface area contributed by atoms with Crippen LogP contribution in [-0.4, -0.2) is 46.8 Å². The van der Waals surface area contributed by atoms with Crippen molar-refractivity contribution in [3.8, 4) is 0 Å². The van der Waals surface area contributed by atoms with E-state index in [0.29, 0.717) is 5.46 Å². The summed E-state index contributed by atoms with van der Waals surface area (Å²) in [5.74, 6) is 0. The van der Waals surface area contributed by atoms with Crippen LogP contribution in [0.25, 0.3) is 0 Å². The molecule has 0 aliphatic heterocycles. The molecule has 0 saturated heterocycles. The molecule has 0 heterocycles. The molecule has 1 rings (SSSR count). The van der Waals surface area contributed by atoms with E-state index in [0.717, 1.165) is 5.56 Å². The Morgan fingerprint density at radius 1 is 1.00 bits per heavy atom. The Hall–Kier alpha value is -0.535. The van der Waals surface area contributed by atoms with Crippen LogP contribution in [-0.2, 0) is 0 Å². The van der Waals surface area contributed by atoms with E-state index in [-0.39, 0.29) is 0 Å². The minimum Gasteiger partial charge on any atom is -0.423 e. The third-order valence-electron chi connectivity index (χ3n) is 1.38. The van der Waals surface area contributed by atoms with Gasteiger partial charge in [-0.3, -0.25) is 0 Å². The summed E-state index contributed by atoms with van der Waals surface area (Å²) >= 11 is 0. The Morgan fingerprint density at radius 3 is 1.64 bits per heavy atom. The molecule has 2 N–H and O–H groups in total. The van der Waals surface area contributed by atoms with E-state index in [4.69, 9.17) is 10.0 Å². The first-order chi connectivity index (χ1) is 6.43. The van der Waals surface area contributed by atoms with Crippen molar-refractivity contribution in [1.29, 1.82) is 0 Å². The standard InChI is InChI=1S/C7H9BO2.B4/c1-6-2-4-7(5-3-6)8(9)10;1-4(2)3/h2-5,9-10H,1H3;. The molecule has 0 unspecified atom stereocenters. The molecule has 0 aromatic heterocycles. The van der Waals surface area contributed by atoms with E-state index in [9.17, 15) is 0 Å². The van der Waals surface area contributed by atoms with Crippen molar-refractivity contribution < 1.29 is 10.0 Å². The SMILES string of the molecule is Cc1ccc(B(O)O)cc1.[B]B([B])[B]. The maximum absolute atomic E-state index is 8.67. The predicted octanol–water partition coefficient (Wildman–Crippen LogP) is -1.85. The van der Waals surface area contributed by atoms with Crippen molar-refractivity contribution in [3.63, 3.8) is 0 Å². The number of aryl methyl sites for hydroxylation is 1. The maximum Gasteiger partial charge on any atom is 0.488 e. The van der Waals surface area contributed by atoms with Crippen LogP contribution in [0.1, 0.15) is 5.56 Å². The van der Waals surface area contributed by atoms with E-state index in [1.54, 1.807) is 12.1 Å². The van der Waals surface area contributed by atoms with Crippen LogP contribution >= 0.6 is 0 Å². The van der Waals surface area contributed by atoms with Crippen LogP contribution in [0.3, 0.4) is 0 Å². The highest BCUT2D eigenvalue weighted by Crippen LogP contribution is 1.92. The van der Waals surface area contributed by atoms with Crippen molar-refractivity contribution in [2.75, 3.05) is 0 Å². The fourth-order valence-corrected chi connectivity index (χ4v) is 0.739. The Morgan fingerprint density at radius 2 is 1.36 bits per heavy atom. The Labute approximate surface area is 89.5 Å². The largest absolute Gasteiger partial charge is 0.488 e. The molecular weight excluding hydrogens is 170 g/mol. The van der Waals surface area contributed by atoms with E-state index in [1.165, 1.54) is 0 Å². The van der Waals surface area contributed by atoms with Gasteiger partial charge in [-0.05, 0) is 12.4 Å². The lowest BCUT2D eigenvalue weighted by Crippen LogP contribution is -2.29. The van der Waals surface area contributed by atoms with Gasteiger partial charge in [0, 0.05) is 29.6 Å². The van der Waals surface area contributed by atoms with Crippen molar-refractivity contribution in [3.05, 3.63) is 29.8 Å². The zero-order valence-electron chi connectivity index (χ0n) is 8.09. The average molecular weight is 179 g/mol. The van der Waals surface area contributed by atoms with Gasteiger partial charge in [0.2, 0.25) is 0 Å². The molecule has 1 aromatic carbocycles. The lowest BCUT2D eigenvalue weighted by molar-refractivity contribution is 0.426. The van der Waals surface area contributed by atoms with Gasteiger partial charge in [0.1, 0.15) is 0 Å². The Kier molecular flexibility index (Phi) is 6.59. The normalized spacial score (nSPS) is 8.50. The Balaban J connectivity index is 0.000000364. The molecule has 64 valence electrons. The van der Waals surface area contributed by atoms with Gasteiger partial charge >= 0.3 is 7.12 Å². The summed E-state index contributed by atoms with van der Waals surface area (Å²) in [5, 5.41) is 17.3. The molecular formula is C7H9B5O2. The smallest absolute Gasteiger partial charge is 0.423 e. The fraction of sp³-hybridized carbons (Fsp3) is 0.143. The molecule has 2 nitrogen and oxygen atoms in total. The molecule has 0 bridgehead atoms. The summed E-state index contributed by atoms with van der Waals surface area (Å²) in [6.45, 7) is 1.95. The maximum atomic E-state index is 8.67. The molecule has 0 saturated carbocycles. The van der Waals surface area contributed by atoms with Crippen LogP contribution in [0.2, 0.25) is 0 Å². The number of hydrogen-bond donors (Lipinski definition) is 2. The average Bonchev–Trinajstić information content (AvgIpc) is 2.03. The van der Waals surface area contributed by atoms with E-state index in [1.807, 2.05) is 19.1 Å². The van der Waals surface area contributed by atoms with Gasteiger partial charge in [-0.25, -0.2) is 0 Å². The quantitative estimate of drug-likeness (QED) is 0.497. The van der Waals surface area contributed by atoms with Gasteiger partial charge in [-0.2, -0.15) is 0 Å². The highest BCUT2D eigenvalue weighted by atomic mass is 16.4. The van der Waals surface area contributed by atoms with E-state index < -0.39 is 13.5 Å². The summed E-state index contributed by atoms with van der Waals surface area (Å²) in [6, 6.07) is 7.07. The molecule has 6 radical (unpaired) electrons. The molecule has 0 spiro atoms. The first-order valence-electron chi connectivity index (χ1n) is 4.13. The topological polar surface area (TPSA) is 40.5 Å². The minimum atomic E-state index is -1.35. The summed E-state index contributed by atoms with van der Waals surface area (Å²) in [5.41, 5.74) is 1.65. The molecule has 1 aromatic rings. The van der Waals surface area contributed by atoms with Crippen LogP contribution < -0.4 is 5.46 Å². The summed E-state index contributed by atoms with van der Waals surface area (Å²) in [4.78, 5) is 0. The van der Waals surface area contributed by atoms with Gasteiger partial charge in [0.25, 0.3) is 0 Å². The second-order valence-electron chi connectivity index (χ2n) is 2.86. The van der Waals surface area contributed by atoms with Crippen LogP contribution in [0.4, 0.5) is 0 Å². The highest BCUT2D eigenvalue weighted by molar-refractivity contribution is 7.49. The molecule has 7 heteroatoms. The summed E-state index contributed by atoms with van der Waals surface area (Å²) < 4.78 is 0. The van der Waals surface area contributed by atoms with Crippen molar-refractivity contribution >= 4 is 42.2 Å². The number of hydrogen-bond acceptors (Lipinski definition) is 2. The molecule has 0 amide bonds. The van der Waals surface area contributed by atoms with Crippen LogP contribution in [0.5, 0.6) is 0 Å². The highest BCUT2D eigenvalue weighted by Gasteiger charge is 2.08. The zero-order valence-corrected chi connectivity index (χ0v) is 8.09. The second kappa shape index (κ2) is 6.85. The molecule has 0 aliphatic carbocycles. The van der Waals surface area contributed by atoms with Crippen LogP contribution in [0, 0.1) is 6.92 Å². The van der Waals surface area contributed by atoms with Gasteiger partial charge in [-0.15, -0.1) is 0 Å². The lowest BCUT2D eigenvalue weighted by Gasteiger charge is -1.97.